The van der Waals surface area contributed by atoms with E-state index in [2.05, 4.69) is 26.0 Å². The van der Waals surface area contributed by atoms with Crippen LogP contribution in [-0.4, -0.2) is 12.6 Å². The summed E-state index contributed by atoms with van der Waals surface area (Å²) >= 11 is 0. The number of carbonyl (C=O) groups excluding carboxylic acids is 1. The van der Waals surface area contributed by atoms with Crippen LogP contribution < -0.4 is 0 Å². The van der Waals surface area contributed by atoms with Crippen molar-refractivity contribution in [2.45, 2.75) is 32.6 Å². The smallest absolute Gasteiger partial charge is 0.309 e. The Balaban J connectivity index is 2.26. The molecule has 1 aromatic carbocycles. The van der Waals surface area contributed by atoms with E-state index in [1.54, 1.807) is 0 Å². The molecule has 1 aliphatic heterocycles. The van der Waals surface area contributed by atoms with E-state index in [0.717, 1.165) is 12.8 Å². The van der Waals surface area contributed by atoms with Crippen molar-refractivity contribution >= 4 is 5.97 Å². The van der Waals surface area contributed by atoms with Gasteiger partial charge in [-0.25, -0.2) is 0 Å². The Morgan fingerprint density at radius 3 is 2.53 bits per heavy atom. The lowest BCUT2D eigenvalue weighted by molar-refractivity contribution is -0.154. The van der Waals surface area contributed by atoms with Crippen molar-refractivity contribution in [1.29, 1.82) is 0 Å². The third kappa shape index (κ3) is 2.68. The molecule has 0 amide bonds. The first kappa shape index (κ1) is 12.2. The molecule has 0 N–H and O–H groups in total. The zero-order chi connectivity index (χ0) is 12.3. The fourth-order valence-corrected chi connectivity index (χ4v) is 2.78. The van der Waals surface area contributed by atoms with E-state index in [4.69, 9.17) is 4.74 Å². The lowest BCUT2D eigenvalue weighted by atomic mass is 9.76. The van der Waals surface area contributed by atoms with Crippen molar-refractivity contribution in [3.63, 3.8) is 0 Å². The molecular weight excluding hydrogens is 212 g/mol. The molecule has 1 aliphatic rings. The van der Waals surface area contributed by atoms with E-state index >= 15 is 0 Å². The summed E-state index contributed by atoms with van der Waals surface area (Å²) in [5.74, 6) is 0.752. The molecule has 0 spiro atoms. The van der Waals surface area contributed by atoms with Gasteiger partial charge in [0.25, 0.3) is 0 Å². The maximum Gasteiger partial charge on any atom is 0.309 e. The molecule has 2 atom stereocenters. The highest BCUT2D eigenvalue weighted by Gasteiger charge is 2.34. The highest BCUT2D eigenvalue weighted by Crippen LogP contribution is 2.37. The molecule has 1 fully saturated rings. The molecule has 2 nitrogen and oxygen atoms in total. The quantitative estimate of drug-likeness (QED) is 0.747. The van der Waals surface area contributed by atoms with Gasteiger partial charge in [-0.1, -0.05) is 44.2 Å². The molecule has 0 saturated carbocycles. The largest absolute Gasteiger partial charge is 0.465 e. The minimum absolute atomic E-state index is 0.0150. The van der Waals surface area contributed by atoms with Crippen LogP contribution in [0.2, 0.25) is 0 Å². The van der Waals surface area contributed by atoms with Crippen LogP contribution >= 0.6 is 0 Å². The average molecular weight is 232 g/mol. The molecule has 0 bridgehead atoms. The van der Waals surface area contributed by atoms with Gasteiger partial charge < -0.3 is 4.74 Å². The van der Waals surface area contributed by atoms with Crippen molar-refractivity contribution in [2.75, 3.05) is 6.61 Å². The van der Waals surface area contributed by atoms with Gasteiger partial charge in [-0.15, -0.1) is 0 Å². The molecule has 0 aromatic heterocycles. The van der Waals surface area contributed by atoms with Gasteiger partial charge in [-0.3, -0.25) is 4.79 Å². The summed E-state index contributed by atoms with van der Waals surface area (Å²) in [6.45, 7) is 4.95. The van der Waals surface area contributed by atoms with Crippen LogP contribution in [0.4, 0.5) is 0 Å². The van der Waals surface area contributed by atoms with E-state index in [0.29, 0.717) is 12.5 Å². The summed E-state index contributed by atoms with van der Waals surface area (Å²) in [4.78, 5) is 11.9. The number of hydrogen-bond acceptors (Lipinski definition) is 2. The summed E-state index contributed by atoms with van der Waals surface area (Å²) in [5.41, 5.74) is 1.26. The van der Waals surface area contributed by atoms with E-state index < -0.39 is 0 Å². The zero-order valence-electron chi connectivity index (χ0n) is 10.6. The monoisotopic (exact) mass is 232 g/mol. The third-order valence-corrected chi connectivity index (χ3v) is 3.54. The second-order valence-electron chi connectivity index (χ2n) is 5.10. The van der Waals surface area contributed by atoms with Crippen LogP contribution in [0.5, 0.6) is 0 Å². The number of rotatable bonds is 3. The predicted octanol–water partition coefficient (Wildman–Crippen LogP) is 3.38. The van der Waals surface area contributed by atoms with Crippen LogP contribution in [-0.2, 0) is 9.53 Å². The molecule has 17 heavy (non-hydrogen) atoms. The van der Waals surface area contributed by atoms with E-state index in [-0.39, 0.29) is 17.8 Å². The summed E-state index contributed by atoms with van der Waals surface area (Å²) < 4.78 is 5.20. The minimum atomic E-state index is -0.0150. The lowest BCUT2D eigenvalue weighted by Crippen LogP contribution is -2.31. The van der Waals surface area contributed by atoms with Gasteiger partial charge in [0, 0.05) is 0 Å². The fraction of sp³-hybridized carbons (Fsp3) is 0.533. The first-order chi connectivity index (χ1) is 8.20. The first-order valence-corrected chi connectivity index (χ1v) is 6.41. The second kappa shape index (κ2) is 5.35. The number of carbonyl (C=O) groups is 1. The molecular formula is C15H20O2. The first-order valence-electron chi connectivity index (χ1n) is 6.41. The second-order valence-corrected chi connectivity index (χ2v) is 5.10. The third-order valence-electron chi connectivity index (χ3n) is 3.54. The standard InChI is InChI=1S/C15H20O2/c1-11(2)14(12-7-4-3-5-8-12)13-9-6-10-17-15(13)16/h3-5,7-8,11,13-14H,6,9-10H2,1-2H3/t13?,14-/m0/s1. The van der Waals surface area contributed by atoms with Gasteiger partial charge in [0.2, 0.25) is 0 Å². The van der Waals surface area contributed by atoms with Gasteiger partial charge >= 0.3 is 5.97 Å². The number of ether oxygens (including phenoxy) is 1. The Bertz CT molecular complexity index is 370. The van der Waals surface area contributed by atoms with Gasteiger partial charge in [0.15, 0.2) is 0 Å². The van der Waals surface area contributed by atoms with Crippen LogP contribution in [0.15, 0.2) is 30.3 Å². The Morgan fingerprint density at radius 2 is 1.94 bits per heavy atom. The lowest BCUT2D eigenvalue weighted by Gasteiger charge is -2.31. The maximum absolute atomic E-state index is 11.9. The molecule has 0 aliphatic carbocycles. The summed E-state index contributed by atoms with van der Waals surface area (Å²) in [6, 6.07) is 10.3. The van der Waals surface area contributed by atoms with Crippen molar-refractivity contribution in [3.8, 4) is 0 Å². The summed E-state index contributed by atoms with van der Waals surface area (Å²) in [5, 5.41) is 0. The van der Waals surface area contributed by atoms with Gasteiger partial charge in [-0.05, 0) is 30.2 Å². The molecule has 0 radical (unpaired) electrons. The highest BCUT2D eigenvalue weighted by atomic mass is 16.5. The predicted molar refractivity (Wildman–Crippen MR) is 67.7 cm³/mol. The molecule has 1 heterocycles. The molecule has 92 valence electrons. The van der Waals surface area contributed by atoms with Gasteiger partial charge in [-0.2, -0.15) is 0 Å². The number of benzene rings is 1. The molecule has 1 unspecified atom stereocenters. The molecule has 1 saturated heterocycles. The Morgan fingerprint density at radius 1 is 1.24 bits per heavy atom. The number of esters is 1. The van der Waals surface area contributed by atoms with E-state index in [1.165, 1.54) is 5.56 Å². The summed E-state index contributed by atoms with van der Waals surface area (Å²) in [7, 11) is 0. The zero-order valence-corrected chi connectivity index (χ0v) is 10.6. The maximum atomic E-state index is 11.9. The average Bonchev–Trinajstić information content (AvgIpc) is 2.33. The van der Waals surface area contributed by atoms with Crippen LogP contribution in [0, 0.1) is 11.8 Å². The van der Waals surface area contributed by atoms with Crippen molar-refractivity contribution in [3.05, 3.63) is 35.9 Å². The molecule has 2 heteroatoms. The van der Waals surface area contributed by atoms with E-state index in [1.807, 2.05) is 18.2 Å². The summed E-state index contributed by atoms with van der Waals surface area (Å²) in [6.07, 6.45) is 1.95. The van der Waals surface area contributed by atoms with Crippen LogP contribution in [0.1, 0.15) is 38.2 Å². The topological polar surface area (TPSA) is 26.3 Å². The Hall–Kier alpha value is -1.31. The van der Waals surface area contributed by atoms with Crippen molar-refractivity contribution in [1.82, 2.24) is 0 Å². The SMILES string of the molecule is CC(C)[C@@H](c1ccccc1)C1CCCOC1=O. The fourth-order valence-electron chi connectivity index (χ4n) is 2.78. The number of cyclic esters (lactones) is 1. The van der Waals surface area contributed by atoms with Gasteiger partial charge in [0.05, 0.1) is 12.5 Å². The molecule has 1 aromatic rings. The normalized spacial score (nSPS) is 22.3. The Labute approximate surface area is 103 Å². The van der Waals surface area contributed by atoms with Crippen molar-refractivity contribution in [2.24, 2.45) is 11.8 Å². The Kier molecular flexibility index (Phi) is 3.82. The number of hydrogen-bond donors (Lipinski definition) is 0. The van der Waals surface area contributed by atoms with E-state index in [9.17, 15) is 4.79 Å². The molecule has 2 rings (SSSR count). The highest BCUT2D eigenvalue weighted by molar-refractivity contribution is 5.74. The van der Waals surface area contributed by atoms with Crippen LogP contribution in [0.3, 0.4) is 0 Å². The van der Waals surface area contributed by atoms with Crippen molar-refractivity contribution < 1.29 is 9.53 Å². The van der Waals surface area contributed by atoms with Crippen LogP contribution in [0.25, 0.3) is 0 Å². The minimum Gasteiger partial charge on any atom is -0.465 e. The van der Waals surface area contributed by atoms with Gasteiger partial charge in [0.1, 0.15) is 0 Å².